The Hall–Kier alpha value is -1.85. The van der Waals surface area contributed by atoms with Crippen molar-refractivity contribution in [3.63, 3.8) is 0 Å². The first-order valence-corrected chi connectivity index (χ1v) is 7.33. The highest BCUT2D eigenvalue weighted by atomic mass is 16.5. The van der Waals surface area contributed by atoms with Crippen LogP contribution in [0.1, 0.15) is 61.6 Å². The highest BCUT2D eigenvalue weighted by Crippen LogP contribution is 2.41. The smallest absolute Gasteiger partial charge is 0.339 e. The second kappa shape index (κ2) is 5.87. The number of aromatic nitrogens is 2. The van der Waals surface area contributed by atoms with E-state index in [0.29, 0.717) is 12.3 Å². The standard InChI is InChI=1S/C15H22N2O4/c1-4-21-14(20)15(3)7-5-11(6-8-15)17-10(2)12(9-16-17)13(18)19/h9,11H,4-8H2,1-3H3,(H,18,19)/t11-,15-. The van der Waals surface area contributed by atoms with E-state index in [2.05, 4.69) is 5.10 Å². The van der Waals surface area contributed by atoms with Gasteiger partial charge in [-0.25, -0.2) is 4.79 Å². The fourth-order valence-electron chi connectivity index (χ4n) is 3.00. The number of ether oxygens (including phenoxy) is 1. The van der Waals surface area contributed by atoms with Gasteiger partial charge in [-0.3, -0.25) is 9.48 Å². The van der Waals surface area contributed by atoms with Gasteiger partial charge in [0.25, 0.3) is 0 Å². The SMILES string of the molecule is CCOC(=O)[C@]1(C)CC[C@@H](n2ncc(C(=O)O)c2C)CC1. The van der Waals surface area contributed by atoms with Gasteiger partial charge in [0.2, 0.25) is 0 Å². The fraction of sp³-hybridized carbons (Fsp3) is 0.667. The largest absolute Gasteiger partial charge is 0.478 e. The first kappa shape index (κ1) is 15.5. The average Bonchev–Trinajstić information content (AvgIpc) is 2.82. The van der Waals surface area contributed by atoms with E-state index in [9.17, 15) is 9.59 Å². The average molecular weight is 294 g/mol. The maximum atomic E-state index is 12.0. The molecule has 116 valence electrons. The molecule has 0 spiro atoms. The molecule has 0 bridgehead atoms. The van der Waals surface area contributed by atoms with Crippen molar-refractivity contribution < 1.29 is 19.4 Å². The number of carbonyl (C=O) groups is 2. The minimum Gasteiger partial charge on any atom is -0.478 e. The van der Waals surface area contributed by atoms with Gasteiger partial charge in [-0.1, -0.05) is 0 Å². The summed E-state index contributed by atoms with van der Waals surface area (Å²) in [5.74, 6) is -1.09. The number of hydrogen-bond donors (Lipinski definition) is 1. The lowest BCUT2D eigenvalue weighted by Gasteiger charge is -2.35. The topological polar surface area (TPSA) is 81.4 Å². The van der Waals surface area contributed by atoms with Crippen LogP contribution in [-0.2, 0) is 9.53 Å². The van der Waals surface area contributed by atoms with Crippen LogP contribution in [0.3, 0.4) is 0 Å². The van der Waals surface area contributed by atoms with Crippen LogP contribution in [0.5, 0.6) is 0 Å². The molecule has 1 heterocycles. The summed E-state index contributed by atoms with van der Waals surface area (Å²) in [6, 6.07) is 0.153. The molecule has 0 saturated heterocycles. The van der Waals surface area contributed by atoms with E-state index in [1.165, 1.54) is 6.20 Å². The Morgan fingerprint density at radius 2 is 2.10 bits per heavy atom. The summed E-state index contributed by atoms with van der Waals surface area (Å²) >= 11 is 0. The number of carboxylic acids is 1. The van der Waals surface area contributed by atoms with Gasteiger partial charge < -0.3 is 9.84 Å². The van der Waals surface area contributed by atoms with E-state index in [4.69, 9.17) is 9.84 Å². The molecular formula is C15H22N2O4. The molecule has 0 unspecified atom stereocenters. The molecule has 1 aliphatic rings. The summed E-state index contributed by atoms with van der Waals surface area (Å²) in [4.78, 5) is 23.1. The fourth-order valence-corrected chi connectivity index (χ4v) is 3.00. The molecule has 1 aromatic heterocycles. The Morgan fingerprint density at radius 1 is 1.48 bits per heavy atom. The molecule has 0 aromatic carbocycles. The van der Waals surface area contributed by atoms with Crippen LogP contribution in [0.15, 0.2) is 6.20 Å². The third-order valence-electron chi connectivity index (χ3n) is 4.45. The van der Waals surface area contributed by atoms with Crippen LogP contribution in [0.2, 0.25) is 0 Å². The van der Waals surface area contributed by atoms with Crippen molar-refractivity contribution >= 4 is 11.9 Å². The predicted octanol–water partition coefficient (Wildman–Crippen LogP) is 2.57. The number of esters is 1. The van der Waals surface area contributed by atoms with Crippen molar-refractivity contribution in [1.82, 2.24) is 9.78 Å². The zero-order valence-electron chi connectivity index (χ0n) is 12.8. The van der Waals surface area contributed by atoms with Crippen molar-refractivity contribution in [2.75, 3.05) is 6.61 Å². The normalized spacial score (nSPS) is 25.6. The quantitative estimate of drug-likeness (QED) is 0.863. The molecule has 1 aliphatic carbocycles. The molecule has 1 aromatic rings. The number of rotatable bonds is 4. The molecule has 0 radical (unpaired) electrons. The van der Waals surface area contributed by atoms with E-state index >= 15 is 0 Å². The summed E-state index contributed by atoms with van der Waals surface area (Å²) in [6.07, 6.45) is 4.47. The van der Waals surface area contributed by atoms with Crippen LogP contribution in [0.4, 0.5) is 0 Å². The van der Waals surface area contributed by atoms with E-state index in [1.807, 2.05) is 13.8 Å². The highest BCUT2D eigenvalue weighted by molar-refractivity contribution is 5.88. The highest BCUT2D eigenvalue weighted by Gasteiger charge is 2.39. The third kappa shape index (κ3) is 2.94. The van der Waals surface area contributed by atoms with Crippen LogP contribution in [-0.4, -0.2) is 33.4 Å². The molecule has 6 heteroatoms. The molecule has 0 amide bonds. The lowest BCUT2D eigenvalue weighted by Crippen LogP contribution is -2.35. The number of nitrogens with zero attached hydrogens (tertiary/aromatic N) is 2. The van der Waals surface area contributed by atoms with Gasteiger partial charge in [0.1, 0.15) is 5.56 Å². The predicted molar refractivity (Wildman–Crippen MR) is 76.2 cm³/mol. The van der Waals surface area contributed by atoms with Gasteiger partial charge >= 0.3 is 11.9 Å². The summed E-state index contributed by atoms with van der Waals surface area (Å²) in [6.45, 7) is 5.93. The molecule has 1 N–H and O–H groups in total. The van der Waals surface area contributed by atoms with Crippen molar-refractivity contribution in [1.29, 1.82) is 0 Å². The van der Waals surface area contributed by atoms with Crippen LogP contribution in [0, 0.1) is 12.3 Å². The van der Waals surface area contributed by atoms with Gasteiger partial charge in [0.05, 0.1) is 30.0 Å². The molecule has 2 rings (SSSR count). The zero-order chi connectivity index (χ0) is 15.6. The van der Waals surface area contributed by atoms with Gasteiger partial charge in [0.15, 0.2) is 0 Å². The van der Waals surface area contributed by atoms with Crippen molar-refractivity contribution in [3.05, 3.63) is 17.5 Å². The van der Waals surface area contributed by atoms with Crippen LogP contribution < -0.4 is 0 Å². The summed E-state index contributed by atoms with van der Waals surface area (Å²) in [5.41, 5.74) is 0.490. The van der Waals surface area contributed by atoms with E-state index < -0.39 is 11.4 Å². The lowest BCUT2D eigenvalue weighted by atomic mass is 9.74. The molecule has 1 fully saturated rings. The first-order chi connectivity index (χ1) is 9.89. The second-order valence-corrected chi connectivity index (χ2v) is 5.91. The zero-order valence-corrected chi connectivity index (χ0v) is 12.8. The number of aromatic carboxylic acids is 1. The Bertz CT molecular complexity index is 542. The van der Waals surface area contributed by atoms with Gasteiger partial charge in [0, 0.05) is 0 Å². The Balaban J connectivity index is 2.08. The molecule has 6 nitrogen and oxygen atoms in total. The minimum absolute atomic E-state index is 0.133. The Labute approximate surface area is 124 Å². The number of carbonyl (C=O) groups excluding carboxylic acids is 1. The summed E-state index contributed by atoms with van der Waals surface area (Å²) < 4.78 is 6.93. The molecule has 21 heavy (non-hydrogen) atoms. The Morgan fingerprint density at radius 3 is 2.57 bits per heavy atom. The maximum Gasteiger partial charge on any atom is 0.339 e. The van der Waals surface area contributed by atoms with Gasteiger partial charge in [-0.2, -0.15) is 5.10 Å². The lowest BCUT2D eigenvalue weighted by molar-refractivity contribution is -0.156. The molecule has 0 aliphatic heterocycles. The molecular weight excluding hydrogens is 272 g/mol. The second-order valence-electron chi connectivity index (χ2n) is 5.91. The molecule has 0 atom stereocenters. The van der Waals surface area contributed by atoms with E-state index in [1.54, 1.807) is 11.6 Å². The van der Waals surface area contributed by atoms with Gasteiger partial charge in [-0.15, -0.1) is 0 Å². The number of hydrogen-bond acceptors (Lipinski definition) is 4. The van der Waals surface area contributed by atoms with Crippen molar-refractivity contribution in [3.8, 4) is 0 Å². The van der Waals surface area contributed by atoms with Crippen molar-refractivity contribution in [2.45, 2.75) is 52.5 Å². The van der Waals surface area contributed by atoms with Crippen LogP contribution >= 0.6 is 0 Å². The van der Waals surface area contributed by atoms with E-state index in [-0.39, 0.29) is 17.6 Å². The first-order valence-electron chi connectivity index (χ1n) is 7.33. The molecule has 1 saturated carbocycles. The van der Waals surface area contributed by atoms with Gasteiger partial charge in [-0.05, 0) is 46.5 Å². The number of carboxylic acid groups (broad SMARTS) is 1. The van der Waals surface area contributed by atoms with Crippen LogP contribution in [0.25, 0.3) is 0 Å². The van der Waals surface area contributed by atoms with E-state index in [0.717, 1.165) is 25.7 Å². The Kier molecular flexibility index (Phi) is 4.34. The third-order valence-corrected chi connectivity index (χ3v) is 4.45. The minimum atomic E-state index is -0.953. The van der Waals surface area contributed by atoms with Crippen molar-refractivity contribution in [2.24, 2.45) is 5.41 Å². The summed E-state index contributed by atoms with van der Waals surface area (Å²) in [5, 5.41) is 13.3. The summed E-state index contributed by atoms with van der Waals surface area (Å²) in [7, 11) is 0. The maximum absolute atomic E-state index is 12.0. The monoisotopic (exact) mass is 294 g/mol.